The van der Waals surface area contributed by atoms with E-state index in [0.717, 1.165) is 15.4 Å². The van der Waals surface area contributed by atoms with Gasteiger partial charge in [0.15, 0.2) is 0 Å². The summed E-state index contributed by atoms with van der Waals surface area (Å²) in [5, 5.41) is 2.95. The molecule has 0 saturated carbocycles. The zero-order valence-corrected chi connectivity index (χ0v) is 22.7. The molecule has 0 aliphatic carbocycles. The Hall–Kier alpha value is -3.32. The third-order valence-corrected chi connectivity index (χ3v) is 7.77. The first kappa shape index (κ1) is 27.3. The summed E-state index contributed by atoms with van der Waals surface area (Å²) in [7, 11) is -4.00. The molecule has 0 radical (unpaired) electrons. The van der Waals surface area contributed by atoms with E-state index in [1.54, 1.807) is 24.3 Å². The number of carbonyl (C=O) groups is 1. The second kappa shape index (κ2) is 11.2. The maximum atomic E-state index is 13.6. The van der Waals surface area contributed by atoms with E-state index in [-0.39, 0.29) is 22.9 Å². The van der Waals surface area contributed by atoms with E-state index in [1.807, 2.05) is 45.0 Å². The van der Waals surface area contributed by atoms with Gasteiger partial charge < -0.3 is 10.1 Å². The quantitative estimate of drug-likeness (QED) is 0.398. The van der Waals surface area contributed by atoms with Crippen LogP contribution in [0, 0.1) is 6.92 Å². The molecule has 192 valence electrons. The lowest BCUT2D eigenvalue weighted by molar-refractivity contribution is -0.120. The molecule has 3 aromatic carbocycles. The van der Waals surface area contributed by atoms with Crippen LogP contribution in [0.4, 0.5) is 5.69 Å². The van der Waals surface area contributed by atoms with Crippen molar-refractivity contribution < 1.29 is 17.9 Å². The number of aryl methyl sites for hydroxylation is 1. The maximum absolute atomic E-state index is 13.6. The van der Waals surface area contributed by atoms with Crippen molar-refractivity contribution in [1.29, 1.82) is 0 Å². The summed E-state index contributed by atoms with van der Waals surface area (Å²) in [6.45, 7) is 12.3. The van der Waals surface area contributed by atoms with Gasteiger partial charge in [-0.2, -0.15) is 0 Å². The number of anilines is 1. The standard InChI is InChI=1S/C29H36N2O4S/c1-7-35-26-16-18-27(19-17-26)36(33,34)31(25-14-8-21(2)9-15-25)20-28(32)30-22(3)23-10-12-24(13-11-23)29(4,5)6/h8-19,22H,7,20H2,1-6H3,(H,30,32)/t22-/m0/s1. The Labute approximate surface area is 215 Å². The number of rotatable bonds is 9. The van der Waals surface area contributed by atoms with E-state index in [4.69, 9.17) is 4.74 Å². The van der Waals surface area contributed by atoms with Gasteiger partial charge in [0, 0.05) is 0 Å². The highest BCUT2D eigenvalue weighted by molar-refractivity contribution is 7.92. The van der Waals surface area contributed by atoms with Crippen LogP contribution in [0.15, 0.2) is 77.7 Å². The Morgan fingerprint density at radius 1 is 0.944 bits per heavy atom. The van der Waals surface area contributed by atoms with Gasteiger partial charge in [-0.15, -0.1) is 0 Å². The van der Waals surface area contributed by atoms with Crippen LogP contribution in [-0.4, -0.2) is 27.5 Å². The van der Waals surface area contributed by atoms with Gasteiger partial charge in [0.05, 0.1) is 23.2 Å². The summed E-state index contributed by atoms with van der Waals surface area (Å²) < 4.78 is 33.8. The van der Waals surface area contributed by atoms with E-state index in [9.17, 15) is 13.2 Å². The minimum absolute atomic E-state index is 0.0365. The van der Waals surface area contributed by atoms with Gasteiger partial charge in [0.2, 0.25) is 5.91 Å². The second-order valence-electron chi connectivity index (χ2n) is 9.91. The predicted octanol–water partition coefficient (Wildman–Crippen LogP) is 5.76. The van der Waals surface area contributed by atoms with E-state index >= 15 is 0 Å². The summed E-state index contributed by atoms with van der Waals surface area (Å²) >= 11 is 0. The van der Waals surface area contributed by atoms with Crippen molar-refractivity contribution >= 4 is 21.6 Å². The maximum Gasteiger partial charge on any atom is 0.264 e. The number of nitrogens with zero attached hydrogens (tertiary/aromatic N) is 1. The van der Waals surface area contributed by atoms with Gasteiger partial charge in [-0.1, -0.05) is 62.7 Å². The summed E-state index contributed by atoms with van der Waals surface area (Å²) in [4.78, 5) is 13.2. The molecule has 3 aromatic rings. The van der Waals surface area contributed by atoms with Gasteiger partial charge in [-0.25, -0.2) is 8.42 Å². The molecular weight excluding hydrogens is 472 g/mol. The van der Waals surface area contributed by atoms with Gasteiger partial charge in [-0.3, -0.25) is 9.10 Å². The molecule has 0 bridgehead atoms. The molecule has 0 unspecified atom stereocenters. The number of benzene rings is 3. The molecule has 0 saturated heterocycles. The van der Waals surface area contributed by atoms with Crippen LogP contribution in [-0.2, 0) is 20.2 Å². The lowest BCUT2D eigenvalue weighted by atomic mass is 9.86. The molecule has 36 heavy (non-hydrogen) atoms. The molecule has 1 N–H and O–H groups in total. The van der Waals surface area contributed by atoms with Crippen molar-refractivity contribution in [3.63, 3.8) is 0 Å². The van der Waals surface area contributed by atoms with Gasteiger partial charge >= 0.3 is 0 Å². The average Bonchev–Trinajstić information content (AvgIpc) is 2.83. The SMILES string of the molecule is CCOc1ccc(S(=O)(=O)N(CC(=O)N[C@@H](C)c2ccc(C(C)(C)C)cc2)c2ccc(C)cc2)cc1. The average molecular weight is 509 g/mol. The monoisotopic (exact) mass is 508 g/mol. The Morgan fingerprint density at radius 2 is 1.53 bits per heavy atom. The van der Waals surface area contributed by atoms with Crippen LogP contribution in [0.1, 0.15) is 57.4 Å². The second-order valence-corrected chi connectivity index (χ2v) is 11.8. The molecule has 6 nitrogen and oxygen atoms in total. The molecule has 0 aliphatic rings. The molecular formula is C29H36N2O4S. The molecule has 0 aliphatic heterocycles. The first-order valence-corrected chi connectivity index (χ1v) is 13.6. The zero-order valence-electron chi connectivity index (χ0n) is 21.9. The topological polar surface area (TPSA) is 75.7 Å². The summed E-state index contributed by atoms with van der Waals surface area (Å²) in [6.07, 6.45) is 0. The molecule has 7 heteroatoms. The number of nitrogens with one attached hydrogen (secondary N) is 1. The number of carbonyl (C=O) groups excluding carboxylic acids is 1. The number of hydrogen-bond acceptors (Lipinski definition) is 4. The zero-order chi connectivity index (χ0) is 26.5. The smallest absolute Gasteiger partial charge is 0.264 e. The van der Waals surface area contributed by atoms with Gasteiger partial charge in [0.1, 0.15) is 12.3 Å². The summed E-state index contributed by atoms with van der Waals surface area (Å²) in [6, 6.07) is 21.2. The highest BCUT2D eigenvalue weighted by atomic mass is 32.2. The molecule has 0 spiro atoms. The Kier molecular flexibility index (Phi) is 8.46. The van der Waals surface area contributed by atoms with Crippen molar-refractivity contribution in [1.82, 2.24) is 5.32 Å². The van der Waals surface area contributed by atoms with Crippen LogP contribution >= 0.6 is 0 Å². The third-order valence-electron chi connectivity index (χ3n) is 5.99. The highest BCUT2D eigenvalue weighted by Crippen LogP contribution is 2.27. The first-order valence-electron chi connectivity index (χ1n) is 12.1. The first-order chi connectivity index (χ1) is 16.9. The van der Waals surface area contributed by atoms with E-state index in [0.29, 0.717) is 18.0 Å². The van der Waals surface area contributed by atoms with Crippen molar-refractivity contribution in [2.75, 3.05) is 17.5 Å². The molecule has 1 amide bonds. The Morgan fingerprint density at radius 3 is 2.06 bits per heavy atom. The molecule has 3 rings (SSSR count). The number of amides is 1. The van der Waals surface area contributed by atoms with E-state index in [1.165, 1.54) is 17.7 Å². The molecule has 0 aromatic heterocycles. The highest BCUT2D eigenvalue weighted by Gasteiger charge is 2.28. The van der Waals surface area contributed by atoms with Crippen LogP contribution in [0.2, 0.25) is 0 Å². The van der Waals surface area contributed by atoms with Crippen molar-refractivity contribution in [3.8, 4) is 5.75 Å². The Balaban J connectivity index is 1.84. The molecule has 1 atom stereocenters. The normalized spacial score (nSPS) is 12.6. The molecule has 0 fully saturated rings. The third kappa shape index (κ3) is 6.66. The number of sulfonamides is 1. The fourth-order valence-corrected chi connectivity index (χ4v) is 5.22. The van der Waals surface area contributed by atoms with E-state index < -0.39 is 15.9 Å². The lowest BCUT2D eigenvalue weighted by Gasteiger charge is -2.25. The summed E-state index contributed by atoms with van der Waals surface area (Å²) in [5.74, 6) is 0.194. The fraction of sp³-hybridized carbons (Fsp3) is 0.345. The van der Waals surface area contributed by atoms with Crippen LogP contribution in [0.5, 0.6) is 5.75 Å². The van der Waals surface area contributed by atoms with Crippen LogP contribution in [0.3, 0.4) is 0 Å². The summed E-state index contributed by atoms with van der Waals surface area (Å²) in [5.41, 5.74) is 3.61. The van der Waals surface area contributed by atoms with Crippen molar-refractivity contribution in [3.05, 3.63) is 89.5 Å². The van der Waals surface area contributed by atoms with Crippen molar-refractivity contribution in [2.24, 2.45) is 0 Å². The number of hydrogen-bond donors (Lipinski definition) is 1. The number of ether oxygens (including phenoxy) is 1. The fourth-order valence-electron chi connectivity index (χ4n) is 3.80. The Bertz CT molecular complexity index is 1260. The van der Waals surface area contributed by atoms with Gasteiger partial charge in [-0.05, 0) is 73.7 Å². The minimum Gasteiger partial charge on any atom is -0.494 e. The van der Waals surface area contributed by atoms with Crippen LogP contribution < -0.4 is 14.4 Å². The van der Waals surface area contributed by atoms with Crippen LogP contribution in [0.25, 0.3) is 0 Å². The van der Waals surface area contributed by atoms with Crippen molar-refractivity contribution in [2.45, 2.75) is 57.9 Å². The minimum atomic E-state index is -4.00. The lowest BCUT2D eigenvalue weighted by Crippen LogP contribution is -2.41. The van der Waals surface area contributed by atoms with Gasteiger partial charge in [0.25, 0.3) is 10.0 Å². The predicted molar refractivity (Wildman–Crippen MR) is 145 cm³/mol. The largest absolute Gasteiger partial charge is 0.494 e. The molecule has 0 heterocycles. The van der Waals surface area contributed by atoms with E-state index in [2.05, 4.69) is 38.2 Å².